The van der Waals surface area contributed by atoms with Gasteiger partial charge < -0.3 is 5.32 Å². The normalized spacial score (nSPS) is 15.0. The third kappa shape index (κ3) is 3.10. The second kappa shape index (κ2) is 6.37. The quantitative estimate of drug-likeness (QED) is 0.785. The monoisotopic (exact) mass is 348 g/mol. The van der Waals surface area contributed by atoms with Crippen LogP contribution in [0.5, 0.6) is 0 Å². The number of aromatic nitrogens is 3. The number of carbonyl (C=O) groups is 1. The maximum Gasteiger partial charge on any atom is 0.267 e. The summed E-state index contributed by atoms with van der Waals surface area (Å²) in [5, 5.41) is 8.21. The molecular weight excluding hydrogens is 328 g/mol. The van der Waals surface area contributed by atoms with E-state index in [1.807, 2.05) is 37.3 Å². The molecule has 4 rings (SSSR count). The Labute approximate surface area is 150 Å². The smallest absolute Gasteiger partial charge is 0.267 e. The van der Waals surface area contributed by atoms with E-state index in [1.54, 1.807) is 13.0 Å². The molecule has 0 spiro atoms. The number of rotatable bonds is 4. The molecule has 1 amide bonds. The molecule has 2 heterocycles. The van der Waals surface area contributed by atoms with Gasteiger partial charge in [-0.3, -0.25) is 14.6 Å². The van der Waals surface area contributed by atoms with Crippen LogP contribution in [-0.2, 0) is 4.79 Å². The van der Waals surface area contributed by atoms with Gasteiger partial charge in [-0.15, -0.1) is 0 Å². The molecule has 0 saturated heterocycles. The summed E-state index contributed by atoms with van der Waals surface area (Å²) in [5.41, 5.74) is 2.94. The summed E-state index contributed by atoms with van der Waals surface area (Å²) < 4.78 is 1.28. The van der Waals surface area contributed by atoms with E-state index < -0.39 is 6.04 Å². The van der Waals surface area contributed by atoms with Gasteiger partial charge >= 0.3 is 0 Å². The standard InChI is InChI=1S/C20H20N4O2/c1-12-11-18(15-5-3-4-6-17(15)21-12)22-20(26)13(2)24-19(25)10-9-16(23-24)14-7-8-14/h3-6,9-11,13-14H,7-8H2,1-2H3,(H,21,22,26)/t13-/m1/s1. The lowest BCUT2D eigenvalue weighted by atomic mass is 10.1. The Morgan fingerprint density at radius 3 is 2.77 bits per heavy atom. The number of anilines is 1. The summed E-state index contributed by atoms with van der Waals surface area (Å²) in [6.45, 7) is 3.58. The molecule has 1 atom stereocenters. The molecule has 1 N–H and O–H groups in total. The lowest BCUT2D eigenvalue weighted by Gasteiger charge is -2.16. The van der Waals surface area contributed by atoms with Crippen LogP contribution in [0.15, 0.2) is 47.3 Å². The zero-order valence-corrected chi connectivity index (χ0v) is 14.8. The van der Waals surface area contributed by atoms with Gasteiger partial charge in [-0.25, -0.2) is 4.68 Å². The summed E-state index contributed by atoms with van der Waals surface area (Å²) >= 11 is 0. The lowest BCUT2D eigenvalue weighted by Crippen LogP contribution is -2.33. The van der Waals surface area contributed by atoms with E-state index in [4.69, 9.17) is 0 Å². The molecule has 0 unspecified atom stereocenters. The van der Waals surface area contributed by atoms with Crippen molar-refractivity contribution in [2.75, 3.05) is 5.32 Å². The van der Waals surface area contributed by atoms with Gasteiger partial charge in [0, 0.05) is 23.1 Å². The van der Waals surface area contributed by atoms with Crippen LogP contribution in [0.25, 0.3) is 10.9 Å². The van der Waals surface area contributed by atoms with E-state index >= 15 is 0 Å². The van der Waals surface area contributed by atoms with E-state index in [2.05, 4.69) is 15.4 Å². The summed E-state index contributed by atoms with van der Waals surface area (Å²) in [7, 11) is 0. The van der Waals surface area contributed by atoms with Gasteiger partial charge in [0.25, 0.3) is 5.56 Å². The number of nitrogens with one attached hydrogen (secondary N) is 1. The fraction of sp³-hybridized carbons (Fsp3) is 0.300. The van der Waals surface area contributed by atoms with Crippen LogP contribution in [0.2, 0.25) is 0 Å². The molecule has 3 aromatic rings. The molecule has 6 heteroatoms. The molecule has 1 fully saturated rings. The number of aryl methyl sites for hydroxylation is 1. The van der Waals surface area contributed by atoms with Crippen LogP contribution in [0.1, 0.15) is 43.1 Å². The highest BCUT2D eigenvalue weighted by atomic mass is 16.2. The van der Waals surface area contributed by atoms with Crippen molar-refractivity contribution in [1.29, 1.82) is 0 Å². The number of para-hydroxylation sites is 1. The first-order valence-corrected chi connectivity index (χ1v) is 8.80. The molecule has 1 aliphatic carbocycles. The summed E-state index contributed by atoms with van der Waals surface area (Å²) in [5.74, 6) is 0.146. The van der Waals surface area contributed by atoms with Crippen molar-refractivity contribution in [3.63, 3.8) is 0 Å². The number of hydrogen-bond acceptors (Lipinski definition) is 4. The predicted octanol–water partition coefficient (Wildman–Crippen LogP) is 3.18. The second-order valence-corrected chi connectivity index (χ2v) is 6.81. The van der Waals surface area contributed by atoms with Gasteiger partial charge in [0.15, 0.2) is 0 Å². The minimum absolute atomic E-state index is 0.271. The topological polar surface area (TPSA) is 76.9 Å². The maximum atomic E-state index is 12.8. The van der Waals surface area contributed by atoms with Crippen molar-refractivity contribution in [2.45, 2.75) is 38.6 Å². The summed E-state index contributed by atoms with van der Waals surface area (Å²) in [4.78, 5) is 29.5. The van der Waals surface area contributed by atoms with Gasteiger partial charge in [0.2, 0.25) is 5.91 Å². The number of amides is 1. The largest absolute Gasteiger partial charge is 0.324 e. The minimum Gasteiger partial charge on any atom is -0.324 e. The van der Waals surface area contributed by atoms with Gasteiger partial charge in [0.05, 0.1) is 16.9 Å². The first-order valence-electron chi connectivity index (χ1n) is 8.80. The molecule has 1 aromatic carbocycles. The SMILES string of the molecule is Cc1cc(NC(=O)[C@@H](C)n2nc(C3CC3)ccc2=O)c2ccccc2n1. The highest BCUT2D eigenvalue weighted by Crippen LogP contribution is 2.38. The Balaban J connectivity index is 1.65. The van der Waals surface area contributed by atoms with Crippen LogP contribution in [-0.4, -0.2) is 20.7 Å². The number of nitrogens with zero attached hydrogens (tertiary/aromatic N) is 3. The van der Waals surface area contributed by atoms with Gasteiger partial charge in [-0.2, -0.15) is 5.10 Å². The fourth-order valence-electron chi connectivity index (χ4n) is 3.07. The molecular formula is C20H20N4O2. The van der Waals surface area contributed by atoms with Gasteiger partial charge in [-0.05, 0) is 44.9 Å². The zero-order chi connectivity index (χ0) is 18.3. The number of hydrogen-bond donors (Lipinski definition) is 1. The molecule has 0 radical (unpaired) electrons. The third-order valence-electron chi connectivity index (χ3n) is 4.69. The fourth-order valence-corrected chi connectivity index (χ4v) is 3.07. The average molecular weight is 348 g/mol. The van der Waals surface area contributed by atoms with E-state index in [0.717, 1.165) is 35.1 Å². The van der Waals surface area contributed by atoms with E-state index in [1.165, 1.54) is 10.7 Å². The average Bonchev–Trinajstić information content (AvgIpc) is 3.46. The third-order valence-corrected chi connectivity index (χ3v) is 4.69. The number of benzene rings is 1. The molecule has 26 heavy (non-hydrogen) atoms. The highest BCUT2D eigenvalue weighted by molar-refractivity contribution is 6.02. The molecule has 0 bridgehead atoms. The molecule has 0 aliphatic heterocycles. The molecule has 132 valence electrons. The van der Waals surface area contributed by atoms with Crippen LogP contribution in [0.3, 0.4) is 0 Å². The Bertz CT molecular complexity index is 1050. The molecule has 2 aromatic heterocycles. The summed E-state index contributed by atoms with van der Waals surface area (Å²) in [6, 6.07) is 12.0. The predicted molar refractivity (Wildman–Crippen MR) is 100 cm³/mol. The number of fused-ring (bicyclic) bond motifs is 1. The van der Waals surface area contributed by atoms with Crippen molar-refractivity contribution in [2.24, 2.45) is 0 Å². The highest BCUT2D eigenvalue weighted by Gasteiger charge is 2.27. The van der Waals surface area contributed by atoms with Crippen molar-refractivity contribution in [3.05, 3.63) is 64.2 Å². The Morgan fingerprint density at radius 2 is 2.00 bits per heavy atom. The van der Waals surface area contributed by atoms with Gasteiger partial charge in [-0.1, -0.05) is 18.2 Å². The number of carbonyl (C=O) groups excluding carboxylic acids is 1. The lowest BCUT2D eigenvalue weighted by molar-refractivity contribution is -0.119. The van der Waals surface area contributed by atoms with Gasteiger partial charge in [0.1, 0.15) is 6.04 Å². The first-order chi connectivity index (χ1) is 12.5. The zero-order valence-electron chi connectivity index (χ0n) is 14.8. The van der Waals surface area contributed by atoms with Crippen LogP contribution in [0, 0.1) is 6.92 Å². The maximum absolute atomic E-state index is 12.8. The van der Waals surface area contributed by atoms with Crippen molar-refractivity contribution >= 4 is 22.5 Å². The van der Waals surface area contributed by atoms with Crippen LogP contribution < -0.4 is 10.9 Å². The van der Waals surface area contributed by atoms with E-state index in [9.17, 15) is 9.59 Å². The van der Waals surface area contributed by atoms with E-state index in [-0.39, 0.29) is 11.5 Å². The van der Waals surface area contributed by atoms with E-state index in [0.29, 0.717) is 11.6 Å². The molecule has 1 saturated carbocycles. The van der Waals surface area contributed by atoms with Crippen molar-refractivity contribution in [1.82, 2.24) is 14.8 Å². The second-order valence-electron chi connectivity index (χ2n) is 6.81. The minimum atomic E-state index is -0.701. The Hall–Kier alpha value is -3.02. The van der Waals surface area contributed by atoms with Crippen LogP contribution in [0.4, 0.5) is 5.69 Å². The van der Waals surface area contributed by atoms with Crippen LogP contribution >= 0.6 is 0 Å². The Morgan fingerprint density at radius 1 is 1.23 bits per heavy atom. The summed E-state index contributed by atoms with van der Waals surface area (Å²) in [6.07, 6.45) is 2.18. The van der Waals surface area contributed by atoms with Crippen molar-refractivity contribution in [3.8, 4) is 0 Å². The first kappa shape index (κ1) is 16.4. The van der Waals surface area contributed by atoms with Crippen molar-refractivity contribution < 1.29 is 4.79 Å². The number of pyridine rings is 1. The molecule has 6 nitrogen and oxygen atoms in total. The Kier molecular flexibility index (Phi) is 4.03. The molecule has 1 aliphatic rings.